The van der Waals surface area contributed by atoms with Gasteiger partial charge in [0, 0.05) is 49.8 Å². The van der Waals surface area contributed by atoms with Crippen molar-refractivity contribution in [3.8, 4) is 0 Å². The largest absolute Gasteiger partial charge is 0.462 e. The van der Waals surface area contributed by atoms with Crippen molar-refractivity contribution >= 4 is 41.5 Å². The van der Waals surface area contributed by atoms with E-state index in [4.69, 9.17) is 14.2 Å². The fourth-order valence-corrected chi connectivity index (χ4v) is 5.70. The molecule has 4 unspecified atom stereocenters. The second kappa shape index (κ2) is 8.89. The first-order valence-corrected chi connectivity index (χ1v) is 10.9. The Balaban J connectivity index is 1.87. The van der Waals surface area contributed by atoms with Crippen LogP contribution in [0.3, 0.4) is 0 Å². The summed E-state index contributed by atoms with van der Waals surface area (Å²) in [5.41, 5.74) is 0.0946. The van der Waals surface area contributed by atoms with E-state index in [9.17, 15) is 24.0 Å². The maximum Gasteiger partial charge on any atom is 0.358 e. The molecular weight excluding hydrogens is 428 g/mol. The molecule has 2 saturated heterocycles. The van der Waals surface area contributed by atoms with E-state index in [1.807, 2.05) is 6.92 Å². The number of esters is 3. The number of carbonyl (C=O) groups is 5. The SMILES string of the molecule is CC(=O)OC(C)OC(=O)C1=C(SC2CNC(=O)C2)[C@H](C)C2C([C@@H](C)OC(C)=O)C(=O)N12. The monoisotopic (exact) mass is 454 g/mol. The lowest BCUT2D eigenvalue weighted by Crippen LogP contribution is -2.64. The molecule has 0 bridgehead atoms. The van der Waals surface area contributed by atoms with Gasteiger partial charge in [-0.3, -0.25) is 19.2 Å². The topological polar surface area (TPSA) is 128 Å². The number of amides is 2. The highest BCUT2D eigenvalue weighted by atomic mass is 32.2. The average Bonchev–Trinajstić information content (AvgIpc) is 3.14. The molecule has 10 nitrogen and oxygen atoms in total. The Hall–Kier alpha value is -2.56. The van der Waals surface area contributed by atoms with Crippen LogP contribution in [0, 0.1) is 11.8 Å². The molecule has 3 rings (SSSR count). The van der Waals surface area contributed by atoms with Crippen LogP contribution < -0.4 is 5.32 Å². The van der Waals surface area contributed by atoms with E-state index >= 15 is 0 Å². The first kappa shape index (κ1) is 23.1. The van der Waals surface area contributed by atoms with Crippen molar-refractivity contribution in [3.63, 3.8) is 0 Å². The van der Waals surface area contributed by atoms with Crippen molar-refractivity contribution < 1.29 is 38.2 Å². The number of hydrogen-bond acceptors (Lipinski definition) is 9. The molecular formula is C20H26N2O8S. The Labute approximate surface area is 184 Å². The molecule has 3 aliphatic rings. The number of nitrogens with one attached hydrogen (secondary N) is 1. The van der Waals surface area contributed by atoms with Crippen LogP contribution in [0.4, 0.5) is 0 Å². The first-order valence-electron chi connectivity index (χ1n) is 10.1. The molecule has 6 atom stereocenters. The van der Waals surface area contributed by atoms with Crippen molar-refractivity contribution in [3.05, 3.63) is 10.6 Å². The van der Waals surface area contributed by atoms with Gasteiger partial charge < -0.3 is 24.4 Å². The van der Waals surface area contributed by atoms with E-state index in [0.29, 0.717) is 17.9 Å². The van der Waals surface area contributed by atoms with Gasteiger partial charge >= 0.3 is 17.9 Å². The number of carbonyl (C=O) groups excluding carboxylic acids is 5. The summed E-state index contributed by atoms with van der Waals surface area (Å²) in [5.74, 6) is -3.10. The molecule has 0 aromatic heterocycles. The van der Waals surface area contributed by atoms with Gasteiger partial charge in [0.2, 0.25) is 18.1 Å². The molecule has 0 aromatic rings. The Morgan fingerprint density at radius 3 is 2.29 bits per heavy atom. The van der Waals surface area contributed by atoms with Gasteiger partial charge in [-0.25, -0.2) is 4.79 Å². The summed E-state index contributed by atoms with van der Waals surface area (Å²) < 4.78 is 15.4. The van der Waals surface area contributed by atoms with E-state index in [1.54, 1.807) is 6.92 Å². The summed E-state index contributed by atoms with van der Waals surface area (Å²) in [4.78, 5) is 62.1. The second-order valence-corrected chi connectivity index (χ2v) is 9.21. The van der Waals surface area contributed by atoms with E-state index in [-0.39, 0.29) is 34.7 Å². The van der Waals surface area contributed by atoms with E-state index in [0.717, 1.165) is 0 Å². The summed E-state index contributed by atoms with van der Waals surface area (Å²) in [6, 6.07) is -0.374. The normalized spacial score (nSPS) is 29.0. The van der Waals surface area contributed by atoms with E-state index < -0.39 is 36.2 Å². The van der Waals surface area contributed by atoms with Gasteiger partial charge in [0.15, 0.2) is 0 Å². The molecule has 31 heavy (non-hydrogen) atoms. The van der Waals surface area contributed by atoms with Crippen LogP contribution in [-0.2, 0) is 38.2 Å². The van der Waals surface area contributed by atoms with Gasteiger partial charge in [-0.15, -0.1) is 11.8 Å². The molecule has 3 aliphatic heterocycles. The molecule has 0 saturated carbocycles. The minimum absolute atomic E-state index is 0.0722. The molecule has 3 heterocycles. The Morgan fingerprint density at radius 2 is 1.74 bits per heavy atom. The van der Waals surface area contributed by atoms with Gasteiger partial charge in [-0.05, 0) is 6.92 Å². The number of rotatable bonds is 7. The van der Waals surface area contributed by atoms with Crippen molar-refractivity contribution in [1.82, 2.24) is 10.2 Å². The standard InChI is InChI=1S/C20H26N2O8S/c1-8-16-15(9(2)28-10(3)23)19(26)22(16)17(20(27)30-12(5)29-11(4)24)18(8)31-13-6-14(25)21-7-13/h8-9,12-13,15-16H,6-7H2,1-5H3,(H,21,25)/t8-,9-,12?,13?,15?,16?/m1/s1. The lowest BCUT2D eigenvalue weighted by molar-refractivity contribution is -0.185. The van der Waals surface area contributed by atoms with Gasteiger partial charge in [-0.1, -0.05) is 6.92 Å². The summed E-state index contributed by atoms with van der Waals surface area (Å²) in [7, 11) is 0. The zero-order valence-electron chi connectivity index (χ0n) is 18.0. The third-order valence-electron chi connectivity index (χ3n) is 5.48. The highest BCUT2D eigenvalue weighted by Crippen LogP contribution is 2.52. The number of thioether (sulfide) groups is 1. The molecule has 0 aromatic carbocycles. The zero-order chi connectivity index (χ0) is 23.0. The number of β-lactam (4-membered cyclic amide) rings is 1. The summed E-state index contributed by atoms with van der Waals surface area (Å²) in [6.45, 7) is 7.88. The van der Waals surface area contributed by atoms with E-state index in [2.05, 4.69) is 5.32 Å². The average molecular weight is 455 g/mol. The first-order chi connectivity index (χ1) is 14.5. The quantitative estimate of drug-likeness (QED) is 0.336. The molecule has 0 spiro atoms. The van der Waals surface area contributed by atoms with Crippen LogP contribution in [-0.4, -0.2) is 64.9 Å². The lowest BCUT2D eigenvalue weighted by atomic mass is 9.79. The van der Waals surface area contributed by atoms with Crippen LogP contribution in [0.2, 0.25) is 0 Å². The summed E-state index contributed by atoms with van der Waals surface area (Å²) in [5, 5.41) is 2.67. The van der Waals surface area contributed by atoms with Crippen molar-refractivity contribution in [2.75, 3.05) is 6.54 Å². The predicted molar refractivity (Wildman–Crippen MR) is 108 cm³/mol. The van der Waals surface area contributed by atoms with Crippen molar-refractivity contribution in [2.45, 2.75) is 64.7 Å². The van der Waals surface area contributed by atoms with Crippen LogP contribution in [0.15, 0.2) is 10.6 Å². The number of nitrogens with zero attached hydrogens (tertiary/aromatic N) is 1. The Kier molecular flexibility index (Phi) is 6.63. The lowest BCUT2D eigenvalue weighted by Gasteiger charge is -2.47. The number of fused-ring (bicyclic) bond motifs is 1. The molecule has 1 N–H and O–H groups in total. The number of hydrogen-bond donors (Lipinski definition) is 1. The maximum atomic E-state index is 13.0. The maximum absolute atomic E-state index is 13.0. The predicted octanol–water partition coefficient (Wildman–Crippen LogP) is 0.700. The molecule has 2 fully saturated rings. The highest BCUT2D eigenvalue weighted by molar-refractivity contribution is 8.03. The molecule has 11 heteroatoms. The highest BCUT2D eigenvalue weighted by Gasteiger charge is 2.61. The third-order valence-corrected chi connectivity index (χ3v) is 6.96. The van der Waals surface area contributed by atoms with Crippen LogP contribution >= 0.6 is 11.8 Å². The van der Waals surface area contributed by atoms with Crippen molar-refractivity contribution in [1.29, 1.82) is 0 Å². The molecule has 170 valence electrons. The Bertz CT molecular complexity index is 856. The Morgan fingerprint density at radius 1 is 1.10 bits per heavy atom. The van der Waals surface area contributed by atoms with E-state index in [1.165, 1.54) is 37.4 Å². The van der Waals surface area contributed by atoms with Gasteiger partial charge in [-0.2, -0.15) is 0 Å². The molecule has 2 amide bonds. The summed E-state index contributed by atoms with van der Waals surface area (Å²) in [6.07, 6.45) is -1.47. The fraction of sp³-hybridized carbons (Fsp3) is 0.650. The van der Waals surface area contributed by atoms with Gasteiger partial charge in [0.1, 0.15) is 11.8 Å². The van der Waals surface area contributed by atoms with Crippen LogP contribution in [0.25, 0.3) is 0 Å². The zero-order valence-corrected chi connectivity index (χ0v) is 18.8. The second-order valence-electron chi connectivity index (χ2n) is 7.87. The van der Waals surface area contributed by atoms with Crippen molar-refractivity contribution in [2.24, 2.45) is 11.8 Å². The van der Waals surface area contributed by atoms with Gasteiger partial charge in [0.25, 0.3) is 0 Å². The molecule has 0 aliphatic carbocycles. The third kappa shape index (κ3) is 4.56. The number of ether oxygens (including phenoxy) is 3. The van der Waals surface area contributed by atoms with Crippen LogP contribution in [0.5, 0.6) is 0 Å². The smallest absolute Gasteiger partial charge is 0.358 e. The van der Waals surface area contributed by atoms with Crippen LogP contribution in [0.1, 0.15) is 41.0 Å². The minimum atomic E-state index is -1.13. The van der Waals surface area contributed by atoms with Gasteiger partial charge in [0.05, 0.1) is 12.0 Å². The molecule has 0 radical (unpaired) electrons. The fourth-order valence-electron chi connectivity index (χ4n) is 4.30. The summed E-state index contributed by atoms with van der Waals surface area (Å²) >= 11 is 1.37. The minimum Gasteiger partial charge on any atom is -0.462 e.